The van der Waals surface area contributed by atoms with Gasteiger partial charge in [-0.1, -0.05) is 11.6 Å². The van der Waals surface area contributed by atoms with Crippen molar-refractivity contribution in [2.75, 3.05) is 0 Å². The molecule has 0 saturated heterocycles. The zero-order valence-electron chi connectivity index (χ0n) is 10.3. The number of rotatable bonds is 4. The minimum absolute atomic E-state index is 0.143. The van der Waals surface area contributed by atoms with Gasteiger partial charge in [-0.3, -0.25) is 4.79 Å². The van der Waals surface area contributed by atoms with Crippen LogP contribution in [0, 0.1) is 0 Å². The quantitative estimate of drug-likeness (QED) is 0.759. The highest BCUT2D eigenvalue weighted by Gasteiger charge is 2.10. The van der Waals surface area contributed by atoms with Gasteiger partial charge in [0, 0.05) is 10.9 Å². The highest BCUT2D eigenvalue weighted by Crippen LogP contribution is 2.24. The summed E-state index contributed by atoms with van der Waals surface area (Å²) in [5.41, 5.74) is 1.05. The van der Waals surface area contributed by atoms with Gasteiger partial charge < -0.3 is 9.73 Å². The van der Waals surface area contributed by atoms with Crippen LogP contribution in [-0.2, 0) is 6.54 Å². The van der Waals surface area contributed by atoms with Crippen molar-refractivity contribution < 1.29 is 9.21 Å². The van der Waals surface area contributed by atoms with E-state index in [-0.39, 0.29) is 5.91 Å². The lowest BCUT2D eigenvalue weighted by molar-refractivity contribution is 0.0952. The van der Waals surface area contributed by atoms with Gasteiger partial charge in [-0.15, -0.1) is 11.3 Å². The number of thiophene rings is 2. The topological polar surface area (TPSA) is 42.2 Å². The smallest absolute Gasteiger partial charge is 0.261 e. The Balaban J connectivity index is 1.63. The van der Waals surface area contributed by atoms with Crippen LogP contribution in [-0.4, -0.2) is 5.91 Å². The summed E-state index contributed by atoms with van der Waals surface area (Å²) in [6, 6.07) is 9.20. The summed E-state index contributed by atoms with van der Waals surface area (Å²) in [7, 11) is 0. The molecular weight excluding hydrogens is 314 g/mol. The summed E-state index contributed by atoms with van der Waals surface area (Å²) in [5.74, 6) is 1.40. The Morgan fingerprint density at radius 1 is 1.25 bits per heavy atom. The van der Waals surface area contributed by atoms with Gasteiger partial charge in [-0.2, -0.15) is 11.3 Å². The van der Waals surface area contributed by atoms with Crippen molar-refractivity contribution in [1.82, 2.24) is 5.32 Å². The number of halogens is 1. The number of furan rings is 1. The average molecular weight is 324 g/mol. The second kappa shape index (κ2) is 5.83. The number of hydrogen-bond donors (Lipinski definition) is 1. The van der Waals surface area contributed by atoms with Crippen LogP contribution in [0.5, 0.6) is 0 Å². The average Bonchev–Trinajstić information content (AvgIpc) is 3.16. The Morgan fingerprint density at radius 3 is 2.85 bits per heavy atom. The monoisotopic (exact) mass is 323 g/mol. The first-order chi connectivity index (χ1) is 9.72. The fraction of sp³-hybridized carbons (Fsp3) is 0.0714. The van der Waals surface area contributed by atoms with E-state index in [0.29, 0.717) is 15.8 Å². The maximum atomic E-state index is 11.9. The fourth-order valence-electron chi connectivity index (χ4n) is 1.72. The number of hydrogen-bond acceptors (Lipinski definition) is 4. The third-order valence-corrected chi connectivity index (χ3v) is 4.60. The molecule has 20 heavy (non-hydrogen) atoms. The second-order valence-electron chi connectivity index (χ2n) is 4.06. The Morgan fingerprint density at radius 2 is 2.15 bits per heavy atom. The van der Waals surface area contributed by atoms with E-state index in [9.17, 15) is 4.79 Å². The number of amides is 1. The molecule has 0 aliphatic rings. The van der Waals surface area contributed by atoms with Crippen LogP contribution in [0.4, 0.5) is 0 Å². The van der Waals surface area contributed by atoms with Gasteiger partial charge in [0.05, 0.1) is 15.8 Å². The van der Waals surface area contributed by atoms with Crippen molar-refractivity contribution in [3.8, 4) is 11.3 Å². The van der Waals surface area contributed by atoms with E-state index >= 15 is 0 Å². The lowest BCUT2D eigenvalue weighted by Crippen LogP contribution is -2.21. The van der Waals surface area contributed by atoms with Crippen LogP contribution < -0.4 is 5.32 Å². The Bertz CT molecular complexity index is 715. The van der Waals surface area contributed by atoms with Gasteiger partial charge in [-0.25, -0.2) is 0 Å². The summed E-state index contributed by atoms with van der Waals surface area (Å²) in [6.45, 7) is 0.360. The van der Waals surface area contributed by atoms with Gasteiger partial charge in [0.1, 0.15) is 11.5 Å². The molecule has 0 unspecified atom stereocenters. The first-order valence-corrected chi connectivity index (χ1v) is 8.01. The molecule has 3 aromatic heterocycles. The third-order valence-electron chi connectivity index (χ3n) is 2.69. The zero-order valence-corrected chi connectivity index (χ0v) is 12.6. The van der Waals surface area contributed by atoms with Crippen molar-refractivity contribution in [2.24, 2.45) is 0 Å². The van der Waals surface area contributed by atoms with Gasteiger partial charge in [0.15, 0.2) is 0 Å². The molecule has 0 aromatic carbocycles. The van der Waals surface area contributed by atoms with Gasteiger partial charge in [0.2, 0.25) is 0 Å². The summed E-state index contributed by atoms with van der Waals surface area (Å²) in [6.07, 6.45) is 0. The van der Waals surface area contributed by atoms with Crippen molar-refractivity contribution in [3.05, 3.63) is 56.1 Å². The molecule has 0 saturated carbocycles. The van der Waals surface area contributed by atoms with E-state index in [1.165, 1.54) is 11.3 Å². The first-order valence-electron chi connectivity index (χ1n) is 5.87. The molecule has 102 valence electrons. The molecule has 3 nitrogen and oxygen atoms in total. The van der Waals surface area contributed by atoms with Crippen LogP contribution in [0.15, 0.2) is 45.5 Å². The molecule has 0 bridgehead atoms. The Kier molecular flexibility index (Phi) is 3.91. The molecular formula is C14H10ClNO2S2. The molecule has 3 rings (SSSR count). The van der Waals surface area contributed by atoms with Crippen LogP contribution in [0.3, 0.4) is 0 Å². The van der Waals surface area contributed by atoms with Crippen LogP contribution in [0.1, 0.15) is 15.4 Å². The molecule has 1 amide bonds. The third kappa shape index (κ3) is 2.95. The van der Waals surface area contributed by atoms with E-state index in [4.69, 9.17) is 16.0 Å². The predicted octanol–water partition coefficient (Wildman–Crippen LogP) is 4.65. The molecule has 3 heterocycles. The van der Waals surface area contributed by atoms with Crippen LogP contribution in [0.25, 0.3) is 11.3 Å². The van der Waals surface area contributed by atoms with E-state index < -0.39 is 0 Å². The molecule has 3 aromatic rings. The van der Waals surface area contributed by atoms with Crippen molar-refractivity contribution in [1.29, 1.82) is 0 Å². The van der Waals surface area contributed by atoms with E-state index in [2.05, 4.69) is 5.32 Å². The summed E-state index contributed by atoms with van der Waals surface area (Å²) >= 11 is 8.68. The molecule has 1 N–H and O–H groups in total. The van der Waals surface area contributed by atoms with Crippen molar-refractivity contribution in [2.45, 2.75) is 6.54 Å². The Labute approximate surface area is 128 Å². The summed E-state index contributed by atoms with van der Waals surface area (Å²) in [5, 5.41) is 6.83. The highest BCUT2D eigenvalue weighted by molar-refractivity contribution is 7.18. The van der Waals surface area contributed by atoms with E-state index in [1.807, 2.05) is 29.0 Å². The largest absolute Gasteiger partial charge is 0.459 e. The first kappa shape index (κ1) is 13.4. The molecule has 0 aliphatic heterocycles. The lowest BCUT2D eigenvalue weighted by atomic mass is 10.3. The molecule has 0 atom stereocenters. The van der Waals surface area contributed by atoms with Gasteiger partial charge in [-0.05, 0) is 35.7 Å². The Hall–Kier alpha value is -1.56. The maximum Gasteiger partial charge on any atom is 0.261 e. The van der Waals surface area contributed by atoms with Crippen molar-refractivity contribution in [3.63, 3.8) is 0 Å². The number of carbonyl (C=O) groups is 1. The zero-order chi connectivity index (χ0) is 13.9. The molecule has 0 radical (unpaired) electrons. The van der Waals surface area contributed by atoms with E-state index in [0.717, 1.165) is 17.1 Å². The standard InChI is InChI=1S/C14H10ClNO2S2/c15-13-4-3-12(20-13)14(17)16-7-10-1-2-11(18-10)9-5-6-19-8-9/h1-6,8H,7H2,(H,16,17). The van der Waals surface area contributed by atoms with Gasteiger partial charge >= 0.3 is 0 Å². The normalized spacial score (nSPS) is 10.7. The van der Waals surface area contributed by atoms with Gasteiger partial charge in [0.25, 0.3) is 5.91 Å². The van der Waals surface area contributed by atoms with Crippen LogP contribution >= 0.6 is 34.3 Å². The molecule has 0 fully saturated rings. The van der Waals surface area contributed by atoms with Crippen molar-refractivity contribution >= 4 is 40.2 Å². The van der Waals surface area contributed by atoms with Crippen LogP contribution in [0.2, 0.25) is 4.34 Å². The maximum absolute atomic E-state index is 11.9. The molecule has 6 heteroatoms. The fourth-order valence-corrected chi connectivity index (χ4v) is 3.33. The summed E-state index contributed by atoms with van der Waals surface area (Å²) < 4.78 is 6.29. The predicted molar refractivity (Wildman–Crippen MR) is 82.5 cm³/mol. The SMILES string of the molecule is O=C(NCc1ccc(-c2ccsc2)o1)c1ccc(Cl)s1. The number of nitrogens with one attached hydrogen (secondary N) is 1. The van der Waals surface area contributed by atoms with E-state index in [1.54, 1.807) is 23.5 Å². The number of carbonyl (C=O) groups excluding carboxylic acids is 1. The minimum Gasteiger partial charge on any atom is -0.459 e. The summed E-state index contributed by atoms with van der Waals surface area (Å²) in [4.78, 5) is 12.5. The molecule has 0 aliphatic carbocycles. The lowest BCUT2D eigenvalue weighted by Gasteiger charge is -2.00. The second-order valence-corrected chi connectivity index (χ2v) is 6.56. The molecule has 0 spiro atoms. The highest BCUT2D eigenvalue weighted by atomic mass is 35.5. The minimum atomic E-state index is -0.143.